The number of rotatable bonds is 5. The van der Waals surface area contributed by atoms with Crippen LogP contribution in [0.1, 0.15) is 21.7 Å². The van der Waals surface area contributed by atoms with E-state index in [0.717, 1.165) is 5.56 Å². The quantitative estimate of drug-likeness (QED) is 0.802. The van der Waals surface area contributed by atoms with Crippen molar-refractivity contribution in [3.8, 4) is 0 Å². The van der Waals surface area contributed by atoms with Gasteiger partial charge in [0.15, 0.2) is 5.82 Å². The maximum absolute atomic E-state index is 10.8. The largest absolute Gasteiger partial charge is 0.478 e. The van der Waals surface area contributed by atoms with Crippen LogP contribution < -0.4 is 5.32 Å². The molecule has 0 aliphatic carbocycles. The van der Waals surface area contributed by atoms with Crippen molar-refractivity contribution in [1.29, 1.82) is 0 Å². The molecule has 0 aliphatic rings. The van der Waals surface area contributed by atoms with Crippen molar-refractivity contribution in [3.05, 3.63) is 47.6 Å². The number of aromatic nitrogens is 2. The average molecular weight is 233 g/mol. The van der Waals surface area contributed by atoms with Gasteiger partial charge in [-0.1, -0.05) is 17.3 Å². The summed E-state index contributed by atoms with van der Waals surface area (Å²) in [5.74, 6) is -0.357. The van der Waals surface area contributed by atoms with Crippen molar-refractivity contribution in [1.82, 2.24) is 15.5 Å². The molecule has 17 heavy (non-hydrogen) atoms. The minimum absolute atomic E-state index is 0.281. The summed E-state index contributed by atoms with van der Waals surface area (Å²) in [5.41, 5.74) is 1.18. The first-order chi connectivity index (χ1) is 8.25. The van der Waals surface area contributed by atoms with Gasteiger partial charge in [-0.3, -0.25) is 0 Å². The van der Waals surface area contributed by atoms with Crippen LogP contribution >= 0.6 is 0 Å². The smallest absolute Gasteiger partial charge is 0.335 e. The van der Waals surface area contributed by atoms with Crippen molar-refractivity contribution < 1.29 is 14.4 Å². The van der Waals surface area contributed by atoms with Gasteiger partial charge < -0.3 is 14.9 Å². The molecular weight excluding hydrogens is 222 g/mol. The lowest BCUT2D eigenvalue weighted by atomic mass is 10.1. The van der Waals surface area contributed by atoms with Gasteiger partial charge in [0.25, 0.3) is 0 Å². The zero-order chi connectivity index (χ0) is 12.1. The minimum atomic E-state index is -0.926. The van der Waals surface area contributed by atoms with Gasteiger partial charge in [-0.2, -0.15) is 4.98 Å². The lowest BCUT2D eigenvalue weighted by molar-refractivity contribution is 0.0696. The highest BCUT2D eigenvalue weighted by Crippen LogP contribution is 2.05. The number of carboxylic acids is 1. The van der Waals surface area contributed by atoms with Crippen molar-refractivity contribution >= 4 is 5.97 Å². The van der Waals surface area contributed by atoms with E-state index < -0.39 is 5.97 Å². The van der Waals surface area contributed by atoms with Crippen LogP contribution in [0, 0.1) is 0 Å². The SMILES string of the molecule is O=C(O)c1cccc(CNCc2ncon2)c1. The molecule has 0 amide bonds. The Kier molecular flexibility index (Phi) is 3.46. The predicted octanol–water partition coefficient (Wildman–Crippen LogP) is 1.06. The zero-order valence-corrected chi connectivity index (χ0v) is 8.96. The first-order valence-electron chi connectivity index (χ1n) is 5.04. The van der Waals surface area contributed by atoms with E-state index >= 15 is 0 Å². The van der Waals surface area contributed by atoms with Crippen LogP contribution in [-0.2, 0) is 13.1 Å². The Balaban J connectivity index is 1.90. The number of aromatic carboxylic acids is 1. The third kappa shape index (κ3) is 3.12. The van der Waals surface area contributed by atoms with Crippen LogP contribution in [0.3, 0.4) is 0 Å². The molecule has 0 aliphatic heterocycles. The standard InChI is InChI=1S/C11H11N3O3/c15-11(16)9-3-1-2-8(4-9)5-12-6-10-13-7-17-14-10/h1-4,7,12H,5-6H2,(H,15,16). The molecule has 1 heterocycles. The third-order valence-electron chi connectivity index (χ3n) is 2.19. The zero-order valence-electron chi connectivity index (χ0n) is 8.96. The molecule has 6 heteroatoms. The number of carboxylic acid groups (broad SMARTS) is 1. The molecule has 1 aromatic heterocycles. The number of carbonyl (C=O) groups is 1. The Bertz CT molecular complexity index is 496. The summed E-state index contributed by atoms with van der Waals surface area (Å²) in [6.45, 7) is 1.03. The van der Waals surface area contributed by atoms with Crippen LogP contribution in [0.2, 0.25) is 0 Å². The van der Waals surface area contributed by atoms with Crippen molar-refractivity contribution in [2.75, 3.05) is 0 Å². The summed E-state index contributed by atoms with van der Waals surface area (Å²) in [7, 11) is 0. The number of nitrogens with zero attached hydrogens (tertiary/aromatic N) is 2. The highest BCUT2D eigenvalue weighted by molar-refractivity contribution is 5.87. The van der Waals surface area contributed by atoms with E-state index in [4.69, 9.17) is 5.11 Å². The molecule has 2 N–H and O–H groups in total. The molecule has 0 radical (unpaired) electrons. The number of hydrogen-bond donors (Lipinski definition) is 2. The van der Waals surface area contributed by atoms with Crippen LogP contribution in [0.5, 0.6) is 0 Å². The summed E-state index contributed by atoms with van der Waals surface area (Å²) in [6.07, 6.45) is 1.27. The number of nitrogens with one attached hydrogen (secondary N) is 1. The van der Waals surface area contributed by atoms with Gasteiger partial charge in [0.2, 0.25) is 6.39 Å². The topological polar surface area (TPSA) is 88.2 Å². The average Bonchev–Trinajstić information content (AvgIpc) is 2.82. The van der Waals surface area contributed by atoms with E-state index in [1.165, 1.54) is 6.39 Å². The second-order valence-electron chi connectivity index (χ2n) is 3.46. The summed E-state index contributed by atoms with van der Waals surface area (Å²) in [6, 6.07) is 6.76. The molecule has 0 saturated carbocycles. The number of benzene rings is 1. The summed E-state index contributed by atoms with van der Waals surface area (Å²) < 4.78 is 4.59. The van der Waals surface area contributed by atoms with E-state index in [9.17, 15) is 4.79 Å². The Morgan fingerprint density at radius 3 is 3.00 bits per heavy atom. The summed E-state index contributed by atoms with van der Waals surface area (Å²) in [4.78, 5) is 14.6. The molecule has 0 unspecified atom stereocenters. The number of hydrogen-bond acceptors (Lipinski definition) is 5. The van der Waals surface area contributed by atoms with Gasteiger partial charge in [-0.05, 0) is 17.7 Å². The lowest BCUT2D eigenvalue weighted by Gasteiger charge is -2.03. The van der Waals surface area contributed by atoms with Crippen LogP contribution in [0.15, 0.2) is 35.2 Å². The monoisotopic (exact) mass is 233 g/mol. The Morgan fingerprint density at radius 2 is 2.29 bits per heavy atom. The fraction of sp³-hybridized carbons (Fsp3) is 0.182. The second kappa shape index (κ2) is 5.22. The summed E-state index contributed by atoms with van der Waals surface area (Å²) >= 11 is 0. The minimum Gasteiger partial charge on any atom is -0.478 e. The highest BCUT2D eigenvalue weighted by Gasteiger charge is 2.03. The van der Waals surface area contributed by atoms with E-state index in [-0.39, 0.29) is 5.56 Å². The fourth-order valence-electron chi connectivity index (χ4n) is 1.40. The van der Waals surface area contributed by atoms with Crippen molar-refractivity contribution in [3.63, 3.8) is 0 Å². The fourth-order valence-corrected chi connectivity index (χ4v) is 1.40. The van der Waals surface area contributed by atoms with Crippen LogP contribution in [0.4, 0.5) is 0 Å². The van der Waals surface area contributed by atoms with Gasteiger partial charge in [0, 0.05) is 6.54 Å². The molecule has 6 nitrogen and oxygen atoms in total. The first kappa shape index (κ1) is 11.3. The van der Waals surface area contributed by atoms with E-state index in [1.54, 1.807) is 18.2 Å². The maximum atomic E-state index is 10.8. The Labute approximate surface area is 97.3 Å². The van der Waals surface area contributed by atoms with Gasteiger partial charge in [-0.15, -0.1) is 0 Å². The van der Waals surface area contributed by atoms with E-state index in [2.05, 4.69) is 20.0 Å². The van der Waals surface area contributed by atoms with Gasteiger partial charge in [0.1, 0.15) is 0 Å². The van der Waals surface area contributed by atoms with Gasteiger partial charge in [-0.25, -0.2) is 4.79 Å². The first-order valence-corrected chi connectivity index (χ1v) is 5.04. The molecular formula is C11H11N3O3. The highest BCUT2D eigenvalue weighted by atomic mass is 16.5. The Hall–Kier alpha value is -2.21. The molecule has 0 saturated heterocycles. The second-order valence-corrected chi connectivity index (χ2v) is 3.46. The molecule has 88 valence electrons. The molecule has 1 aromatic carbocycles. The van der Waals surface area contributed by atoms with Crippen LogP contribution in [-0.4, -0.2) is 21.2 Å². The lowest BCUT2D eigenvalue weighted by Crippen LogP contribution is -2.14. The van der Waals surface area contributed by atoms with Crippen molar-refractivity contribution in [2.45, 2.75) is 13.1 Å². The third-order valence-corrected chi connectivity index (χ3v) is 2.19. The van der Waals surface area contributed by atoms with Crippen molar-refractivity contribution in [2.24, 2.45) is 0 Å². The van der Waals surface area contributed by atoms with E-state index in [0.29, 0.717) is 18.9 Å². The van der Waals surface area contributed by atoms with Gasteiger partial charge >= 0.3 is 5.97 Å². The Morgan fingerprint density at radius 1 is 1.41 bits per heavy atom. The summed E-state index contributed by atoms with van der Waals surface area (Å²) in [5, 5.41) is 15.6. The molecule has 0 fully saturated rings. The van der Waals surface area contributed by atoms with Gasteiger partial charge in [0.05, 0.1) is 12.1 Å². The van der Waals surface area contributed by atoms with Crippen LogP contribution in [0.25, 0.3) is 0 Å². The normalized spacial score (nSPS) is 10.4. The molecule has 0 spiro atoms. The maximum Gasteiger partial charge on any atom is 0.335 e. The molecule has 0 atom stereocenters. The predicted molar refractivity (Wildman–Crippen MR) is 58.2 cm³/mol. The molecule has 2 rings (SSSR count). The molecule has 0 bridgehead atoms. The molecule has 2 aromatic rings. The van der Waals surface area contributed by atoms with E-state index in [1.807, 2.05) is 6.07 Å².